The average Bonchev–Trinajstić information content (AvgIpc) is 3.51. The third-order valence-electron chi connectivity index (χ3n) is 10.4. The molecule has 10 rings (SSSR count). The van der Waals surface area contributed by atoms with Crippen LogP contribution in [0.4, 0.5) is 10.2 Å². The van der Waals surface area contributed by atoms with Gasteiger partial charge >= 0.3 is 0 Å². The number of H-pyrrole nitrogens is 1. The molecule has 1 atom stereocenters. The summed E-state index contributed by atoms with van der Waals surface area (Å²) in [6.07, 6.45) is 8.88. The number of pyridine rings is 2. The van der Waals surface area contributed by atoms with E-state index >= 15 is 4.39 Å². The molecule has 5 fully saturated rings. The monoisotopic (exact) mass is 727 g/mol. The molecule has 1 amide bonds. The van der Waals surface area contributed by atoms with Gasteiger partial charge in [-0.15, -0.1) is 0 Å². The van der Waals surface area contributed by atoms with Crippen LogP contribution in [0.2, 0.25) is 10.0 Å². The van der Waals surface area contributed by atoms with Crippen LogP contribution in [0.3, 0.4) is 0 Å². The van der Waals surface area contributed by atoms with Gasteiger partial charge in [-0.2, -0.15) is 5.26 Å². The number of nitrogens with zero attached hydrogens (tertiary/aromatic N) is 4. The first-order chi connectivity index (χ1) is 24.6. The first-order valence-electron chi connectivity index (χ1n) is 17.5. The van der Waals surface area contributed by atoms with Crippen molar-refractivity contribution in [3.05, 3.63) is 81.5 Å². The van der Waals surface area contributed by atoms with Gasteiger partial charge in [0.1, 0.15) is 5.52 Å². The van der Waals surface area contributed by atoms with Gasteiger partial charge in [0, 0.05) is 64.4 Å². The van der Waals surface area contributed by atoms with Crippen LogP contribution in [0, 0.1) is 35.9 Å². The largest absolute Gasteiger partial charge is 0.504 e. The number of rotatable bonds is 5. The van der Waals surface area contributed by atoms with Gasteiger partial charge in [0.15, 0.2) is 17.4 Å². The predicted molar refractivity (Wildman–Crippen MR) is 199 cm³/mol. The number of hydrogen-bond donors (Lipinski definition) is 4. The highest BCUT2D eigenvalue weighted by atomic mass is 35.5. The molecule has 2 aliphatic carbocycles. The Labute approximate surface area is 306 Å². The van der Waals surface area contributed by atoms with Crippen LogP contribution in [-0.4, -0.2) is 50.0 Å². The number of anilines is 1. The van der Waals surface area contributed by atoms with Crippen molar-refractivity contribution in [3.8, 4) is 22.9 Å². The number of fused-ring (bicyclic) bond motifs is 4. The number of nitrogens with two attached hydrogens (primary N) is 1. The van der Waals surface area contributed by atoms with Crippen molar-refractivity contribution in [1.29, 1.82) is 5.26 Å². The van der Waals surface area contributed by atoms with Crippen molar-refractivity contribution in [1.82, 2.24) is 25.2 Å². The van der Waals surface area contributed by atoms with E-state index in [1.807, 2.05) is 17.9 Å². The van der Waals surface area contributed by atoms with E-state index in [9.17, 15) is 10.1 Å². The van der Waals surface area contributed by atoms with E-state index in [0.29, 0.717) is 39.2 Å². The molecule has 0 radical (unpaired) electrons. The lowest BCUT2D eigenvalue weighted by Gasteiger charge is -2.24. The minimum absolute atomic E-state index is 0.0117. The zero-order valence-electron chi connectivity index (χ0n) is 28.4. The molecular formula is C39H40Cl2FN7O2. The van der Waals surface area contributed by atoms with Crippen molar-refractivity contribution in [3.63, 3.8) is 0 Å². The molecule has 2 saturated carbocycles. The number of carbonyl (C=O) groups is 1. The molecule has 264 valence electrons. The first kappa shape index (κ1) is 35.0. The van der Waals surface area contributed by atoms with Crippen LogP contribution < -0.4 is 11.1 Å². The van der Waals surface area contributed by atoms with Crippen molar-refractivity contribution in [2.45, 2.75) is 70.4 Å². The van der Waals surface area contributed by atoms with Gasteiger partial charge < -0.3 is 26.0 Å². The Balaban J connectivity index is 0.000000238. The number of carbonyl (C=O) groups excluding carboxylic acids is 1. The smallest absolute Gasteiger partial charge is 0.226 e. The van der Waals surface area contributed by atoms with Gasteiger partial charge in [-0.25, -0.2) is 14.4 Å². The lowest BCUT2D eigenvalue weighted by atomic mass is 9.87. The quantitative estimate of drug-likeness (QED) is 0.142. The number of aryl methyl sites for hydroxylation is 2. The number of halogens is 3. The van der Waals surface area contributed by atoms with E-state index in [1.165, 1.54) is 31.6 Å². The zero-order chi connectivity index (χ0) is 35.8. The maximum absolute atomic E-state index is 16.3. The lowest BCUT2D eigenvalue weighted by molar-refractivity contribution is -0.133. The normalized spacial score (nSPS) is 20.3. The van der Waals surface area contributed by atoms with Crippen LogP contribution in [-0.2, 0) is 11.2 Å². The Kier molecular flexibility index (Phi) is 10.1. The molecular weight excluding hydrogens is 688 g/mol. The fraction of sp³-hybridized carbons (Fsp3) is 0.385. The maximum atomic E-state index is 16.3. The van der Waals surface area contributed by atoms with E-state index < -0.39 is 5.82 Å². The number of nitriles is 1. The Morgan fingerprint density at radius 1 is 1.16 bits per heavy atom. The fourth-order valence-corrected chi connectivity index (χ4v) is 7.87. The highest BCUT2D eigenvalue weighted by molar-refractivity contribution is 6.43. The van der Waals surface area contributed by atoms with E-state index in [1.54, 1.807) is 24.3 Å². The van der Waals surface area contributed by atoms with Crippen LogP contribution in [0.1, 0.15) is 67.9 Å². The average molecular weight is 729 g/mol. The second-order valence-electron chi connectivity index (χ2n) is 13.9. The summed E-state index contributed by atoms with van der Waals surface area (Å²) >= 11 is 12.8. The molecule has 5 N–H and O–H groups in total. The standard InChI is InChI=1S/C29H25Cl2FN4O.C5H6N2O.C5H9N/c1-15-19-14-22(23-8-4-12-36(23)29(37)16-9-10-16)35-27(19)20-13-17(5-3-11-33)24(26(32)28(20)34-15)18-6-2-7-21(30)25(18)31;6-5-4(8)2-1-3-7-5;1-4-2-5(1)6-3-4/h2,6-7,13-14,16,23,35H,3-5,8-10,12H2,1H3;1-3,8H,(H2,6,7);4-6H,1-3H2. The van der Waals surface area contributed by atoms with Crippen LogP contribution in [0.25, 0.3) is 32.9 Å². The Morgan fingerprint density at radius 3 is 2.59 bits per heavy atom. The topological polar surface area (TPSA) is 144 Å². The van der Waals surface area contributed by atoms with Crippen molar-refractivity contribution in [2.75, 3.05) is 18.8 Å². The lowest BCUT2D eigenvalue weighted by Crippen LogP contribution is -2.31. The number of aromatic hydroxyl groups is 1. The molecule has 51 heavy (non-hydrogen) atoms. The molecule has 3 aromatic heterocycles. The van der Waals surface area contributed by atoms with E-state index in [4.69, 9.17) is 34.0 Å². The minimum atomic E-state index is -0.484. The van der Waals surface area contributed by atoms with E-state index in [2.05, 4.69) is 32.4 Å². The molecule has 2 bridgehead atoms. The number of amides is 1. The third kappa shape index (κ3) is 7.08. The van der Waals surface area contributed by atoms with E-state index in [-0.39, 0.29) is 46.4 Å². The van der Waals surface area contributed by atoms with Gasteiger partial charge in [0.2, 0.25) is 5.91 Å². The summed E-state index contributed by atoms with van der Waals surface area (Å²) in [5.41, 5.74) is 9.33. The van der Waals surface area contributed by atoms with Crippen LogP contribution in [0.15, 0.2) is 48.7 Å². The third-order valence-corrected chi connectivity index (χ3v) is 11.2. The number of likely N-dealkylation sites (tertiary alicyclic amines) is 1. The first-order valence-corrected chi connectivity index (χ1v) is 18.3. The molecule has 1 unspecified atom stereocenters. The summed E-state index contributed by atoms with van der Waals surface area (Å²) in [4.78, 5) is 26.7. The van der Waals surface area contributed by atoms with Crippen LogP contribution >= 0.6 is 23.2 Å². The predicted octanol–water partition coefficient (Wildman–Crippen LogP) is 8.40. The van der Waals surface area contributed by atoms with Crippen LogP contribution in [0.5, 0.6) is 5.75 Å². The fourth-order valence-electron chi connectivity index (χ4n) is 7.48. The Morgan fingerprint density at radius 2 is 1.96 bits per heavy atom. The summed E-state index contributed by atoms with van der Waals surface area (Å²) in [5.74, 6) is 1.22. The molecule has 0 spiro atoms. The number of hydrogen-bond acceptors (Lipinski definition) is 7. The maximum Gasteiger partial charge on any atom is 0.226 e. The van der Waals surface area contributed by atoms with Gasteiger partial charge in [-0.1, -0.05) is 35.3 Å². The molecule has 6 heterocycles. The van der Waals surface area contributed by atoms with Gasteiger partial charge in [-0.05, 0) is 100 Å². The zero-order valence-corrected chi connectivity index (χ0v) is 29.9. The molecule has 2 aromatic carbocycles. The number of nitrogen functional groups attached to an aromatic ring is 1. The highest BCUT2D eigenvalue weighted by Gasteiger charge is 2.39. The summed E-state index contributed by atoms with van der Waals surface area (Å²) in [5, 5.41) is 23.6. The summed E-state index contributed by atoms with van der Waals surface area (Å²) < 4.78 is 16.3. The minimum Gasteiger partial charge on any atom is -0.504 e. The number of aromatic amines is 1. The molecule has 9 nitrogen and oxygen atoms in total. The molecule has 5 aliphatic rings. The number of nitrogens with one attached hydrogen (secondary N) is 2. The molecule has 3 aliphatic heterocycles. The molecule has 5 aromatic rings. The number of benzene rings is 2. The highest BCUT2D eigenvalue weighted by Crippen LogP contribution is 2.43. The summed E-state index contributed by atoms with van der Waals surface area (Å²) in [6.45, 7) is 3.95. The van der Waals surface area contributed by atoms with Crippen molar-refractivity contribution < 1.29 is 14.3 Å². The second-order valence-corrected chi connectivity index (χ2v) is 14.7. The van der Waals surface area contributed by atoms with E-state index in [0.717, 1.165) is 60.8 Å². The summed E-state index contributed by atoms with van der Waals surface area (Å²) in [6, 6.07) is 15.3. The SMILES string of the molecule is C1NC2CC1C2.Cc1nc2c(F)c(-c3cccc(Cl)c3Cl)c(CCC#N)cc2c2[nH]c(C3CCCN3C(=O)C3CC3)cc12.Nc1ncccc1O. The Hall–Kier alpha value is -4.43. The second kappa shape index (κ2) is 14.7. The van der Waals surface area contributed by atoms with Gasteiger partial charge in [0.05, 0.1) is 27.7 Å². The van der Waals surface area contributed by atoms with Crippen molar-refractivity contribution >= 4 is 56.7 Å². The molecule has 3 saturated heterocycles. The summed E-state index contributed by atoms with van der Waals surface area (Å²) in [7, 11) is 0. The number of aromatic nitrogens is 3. The van der Waals surface area contributed by atoms with Gasteiger partial charge in [0.25, 0.3) is 0 Å². The van der Waals surface area contributed by atoms with Gasteiger partial charge in [-0.3, -0.25) is 4.79 Å². The molecule has 12 heteroatoms. The van der Waals surface area contributed by atoms with Crippen molar-refractivity contribution in [2.24, 2.45) is 11.8 Å². The Bertz CT molecular complexity index is 2120.